The van der Waals surface area contributed by atoms with E-state index in [1.165, 1.54) is 37.8 Å². The van der Waals surface area contributed by atoms with Crippen LogP contribution in [0.1, 0.15) is 73.9 Å². The van der Waals surface area contributed by atoms with Crippen molar-refractivity contribution in [2.45, 2.75) is 70.3 Å². The number of hydrogen-bond donors (Lipinski definition) is 1. The zero-order valence-corrected chi connectivity index (χ0v) is 20.3. The number of benzene rings is 2. The molecule has 0 atom stereocenters. The fourth-order valence-electron chi connectivity index (χ4n) is 5.31. The summed E-state index contributed by atoms with van der Waals surface area (Å²) in [5, 5.41) is 11.4. The molecule has 5 rings (SSSR count). The van der Waals surface area contributed by atoms with Gasteiger partial charge in [-0.15, -0.1) is 0 Å². The van der Waals surface area contributed by atoms with Gasteiger partial charge in [0.1, 0.15) is 0 Å². The summed E-state index contributed by atoms with van der Waals surface area (Å²) in [6.45, 7) is 11.9. The third-order valence-corrected chi connectivity index (χ3v) is 8.30. The van der Waals surface area contributed by atoms with Gasteiger partial charge >= 0.3 is 4.87 Å². The van der Waals surface area contributed by atoms with E-state index in [0.29, 0.717) is 6.54 Å². The molecule has 3 nitrogen and oxygen atoms in total. The molecule has 1 aromatic heterocycles. The summed E-state index contributed by atoms with van der Waals surface area (Å²) in [7, 11) is 0. The second-order valence-corrected chi connectivity index (χ2v) is 11.5. The largest absolute Gasteiger partial charge is 0.494 e. The lowest BCUT2D eigenvalue weighted by molar-refractivity contribution is 0.421. The zero-order valence-electron chi connectivity index (χ0n) is 19.5. The van der Waals surface area contributed by atoms with Gasteiger partial charge in [0.15, 0.2) is 0 Å². The molecule has 0 radical (unpaired) electrons. The van der Waals surface area contributed by atoms with Crippen molar-refractivity contribution >= 4 is 11.3 Å². The van der Waals surface area contributed by atoms with Crippen molar-refractivity contribution in [1.82, 2.24) is 4.57 Å². The quantitative estimate of drug-likeness (QED) is 0.488. The molecule has 32 heavy (non-hydrogen) atoms. The fourth-order valence-corrected chi connectivity index (χ4v) is 5.92. The third-order valence-electron chi connectivity index (χ3n) is 7.54. The number of hydrogen-bond acceptors (Lipinski definition) is 3. The van der Waals surface area contributed by atoms with Gasteiger partial charge in [-0.25, -0.2) is 0 Å². The molecule has 0 bridgehead atoms. The van der Waals surface area contributed by atoms with Gasteiger partial charge in [-0.05, 0) is 53.1 Å². The van der Waals surface area contributed by atoms with E-state index in [1.54, 1.807) is 0 Å². The predicted octanol–water partition coefficient (Wildman–Crippen LogP) is 6.18. The van der Waals surface area contributed by atoms with E-state index < -0.39 is 0 Å². The van der Waals surface area contributed by atoms with E-state index in [-0.39, 0.29) is 27.0 Å². The highest BCUT2D eigenvalue weighted by Crippen LogP contribution is 2.56. The van der Waals surface area contributed by atoms with Crippen molar-refractivity contribution in [3.8, 4) is 5.88 Å². The van der Waals surface area contributed by atoms with Crippen molar-refractivity contribution in [3.05, 3.63) is 97.0 Å². The highest BCUT2D eigenvalue weighted by molar-refractivity contribution is 7.07. The van der Waals surface area contributed by atoms with Crippen LogP contribution in [0.5, 0.6) is 5.88 Å². The summed E-state index contributed by atoms with van der Waals surface area (Å²) in [5.41, 5.74) is 8.25. The Kier molecular flexibility index (Phi) is 4.62. The van der Waals surface area contributed by atoms with E-state index in [0.717, 1.165) is 29.7 Å². The Morgan fingerprint density at radius 1 is 0.938 bits per heavy atom. The minimum Gasteiger partial charge on any atom is -0.494 e. The molecule has 1 N–H and O–H groups in total. The van der Waals surface area contributed by atoms with Crippen LogP contribution in [0.2, 0.25) is 0 Å². The van der Waals surface area contributed by atoms with E-state index in [1.807, 2.05) is 0 Å². The topological polar surface area (TPSA) is 42.2 Å². The van der Waals surface area contributed by atoms with Crippen molar-refractivity contribution in [1.29, 1.82) is 0 Å². The Bertz CT molecular complexity index is 1280. The lowest BCUT2D eigenvalue weighted by atomic mass is 9.66. The average molecular weight is 446 g/mol. The Hall–Kier alpha value is -2.59. The van der Waals surface area contributed by atoms with Gasteiger partial charge in [0, 0.05) is 16.2 Å². The molecule has 166 valence electrons. The second kappa shape index (κ2) is 6.95. The van der Waals surface area contributed by atoms with Gasteiger partial charge < -0.3 is 5.11 Å². The zero-order chi connectivity index (χ0) is 22.9. The van der Waals surface area contributed by atoms with Crippen LogP contribution in [0.15, 0.2) is 58.7 Å². The molecule has 1 fully saturated rings. The van der Waals surface area contributed by atoms with Crippen LogP contribution in [0.4, 0.5) is 0 Å². The molecule has 1 saturated carbocycles. The Morgan fingerprint density at radius 2 is 1.53 bits per heavy atom. The summed E-state index contributed by atoms with van der Waals surface area (Å²) < 4.78 is 1.41. The number of rotatable bonds is 4. The smallest absolute Gasteiger partial charge is 0.310 e. The van der Waals surface area contributed by atoms with Crippen LogP contribution in [0.25, 0.3) is 0 Å². The number of aromatic nitrogens is 1. The van der Waals surface area contributed by atoms with E-state index in [2.05, 4.69) is 83.2 Å². The van der Waals surface area contributed by atoms with Gasteiger partial charge in [0.2, 0.25) is 5.88 Å². The lowest BCUT2D eigenvalue weighted by Gasteiger charge is -2.38. The SMILES string of the molecule is Cc1cc2c(cc1C1(c3ccc(Cn4c(O)csc4=O)cc3)CC1)C(C)(C)C=CC2(C)C. The van der Waals surface area contributed by atoms with Gasteiger partial charge in [-0.1, -0.05) is 87.6 Å². The third kappa shape index (κ3) is 3.27. The van der Waals surface area contributed by atoms with Crippen LogP contribution < -0.4 is 4.87 Å². The van der Waals surface area contributed by atoms with Gasteiger partial charge in [-0.3, -0.25) is 9.36 Å². The molecule has 0 spiro atoms. The Labute approximate surface area is 194 Å². The average Bonchev–Trinajstić information content (AvgIpc) is 3.49. The molecule has 1 heterocycles. The maximum Gasteiger partial charge on any atom is 0.310 e. The van der Waals surface area contributed by atoms with Crippen LogP contribution in [0, 0.1) is 6.92 Å². The highest BCUT2D eigenvalue weighted by Gasteiger charge is 2.47. The molecular weight excluding hydrogens is 414 g/mol. The molecule has 3 aromatic rings. The molecule has 4 heteroatoms. The number of thiazole rings is 1. The number of aromatic hydroxyl groups is 1. The number of aryl methyl sites for hydroxylation is 1. The Balaban J connectivity index is 1.52. The van der Waals surface area contributed by atoms with Crippen LogP contribution in [-0.2, 0) is 22.8 Å². The molecule has 0 aliphatic heterocycles. The molecule has 0 amide bonds. The predicted molar refractivity (Wildman–Crippen MR) is 132 cm³/mol. The first kappa shape index (κ1) is 21.3. The van der Waals surface area contributed by atoms with Crippen LogP contribution in [0.3, 0.4) is 0 Å². The lowest BCUT2D eigenvalue weighted by Crippen LogP contribution is -2.30. The molecule has 2 aromatic carbocycles. The van der Waals surface area contributed by atoms with Crippen molar-refractivity contribution < 1.29 is 5.11 Å². The number of allylic oxidation sites excluding steroid dienone is 2. The van der Waals surface area contributed by atoms with Crippen molar-refractivity contribution in [2.75, 3.05) is 0 Å². The fraction of sp³-hybridized carbons (Fsp3) is 0.393. The minimum atomic E-state index is -0.130. The summed E-state index contributed by atoms with van der Waals surface area (Å²) in [6.07, 6.45) is 7.05. The van der Waals surface area contributed by atoms with E-state index in [9.17, 15) is 9.90 Å². The number of nitrogens with zero attached hydrogens (tertiary/aromatic N) is 1. The summed E-state index contributed by atoms with van der Waals surface area (Å²) >= 11 is 1.03. The second-order valence-electron chi connectivity index (χ2n) is 10.7. The molecule has 0 unspecified atom stereocenters. The van der Waals surface area contributed by atoms with Crippen LogP contribution >= 0.6 is 11.3 Å². The normalized spacial score (nSPS) is 19.5. The van der Waals surface area contributed by atoms with Gasteiger partial charge in [0.05, 0.1) is 11.9 Å². The maximum absolute atomic E-state index is 11.9. The van der Waals surface area contributed by atoms with Gasteiger partial charge in [-0.2, -0.15) is 0 Å². The van der Waals surface area contributed by atoms with Crippen LogP contribution in [-0.4, -0.2) is 9.67 Å². The molecule has 0 saturated heterocycles. The van der Waals surface area contributed by atoms with Crippen molar-refractivity contribution in [2.24, 2.45) is 0 Å². The maximum atomic E-state index is 11.9. The Morgan fingerprint density at radius 3 is 2.06 bits per heavy atom. The molecule has 2 aliphatic rings. The minimum absolute atomic E-state index is 0.0308. The van der Waals surface area contributed by atoms with E-state index in [4.69, 9.17) is 0 Å². The van der Waals surface area contributed by atoms with E-state index >= 15 is 0 Å². The first-order valence-electron chi connectivity index (χ1n) is 11.4. The number of fused-ring (bicyclic) bond motifs is 1. The monoisotopic (exact) mass is 445 g/mol. The highest BCUT2D eigenvalue weighted by atomic mass is 32.1. The van der Waals surface area contributed by atoms with Gasteiger partial charge in [0.25, 0.3) is 0 Å². The summed E-state index contributed by atoms with van der Waals surface area (Å²) in [6, 6.07) is 13.5. The van der Waals surface area contributed by atoms with Crippen molar-refractivity contribution in [3.63, 3.8) is 0 Å². The summed E-state index contributed by atoms with van der Waals surface area (Å²) in [5.74, 6) is 0.0343. The summed E-state index contributed by atoms with van der Waals surface area (Å²) in [4.78, 5) is 11.8. The first-order chi connectivity index (χ1) is 15.0. The first-order valence-corrected chi connectivity index (χ1v) is 12.2. The molecule has 2 aliphatic carbocycles. The standard InChI is InChI=1S/C28H31NO2S/c1-18-14-22-23(27(4,5)11-10-26(22,2)3)15-21(18)28(12-13-28)20-8-6-19(7-9-20)16-29-24(30)17-32-25(29)31/h6-11,14-15,17,30H,12-13,16H2,1-5H3. The molecular formula is C28H31NO2S.